The predicted molar refractivity (Wildman–Crippen MR) is 94.0 cm³/mol. The lowest BCUT2D eigenvalue weighted by molar-refractivity contribution is -0.122. The average Bonchev–Trinajstić information content (AvgIpc) is 2.91. The first-order valence-electron chi connectivity index (χ1n) is 8.36. The number of nitrogens with one attached hydrogen (secondary N) is 2. The number of amides is 2. The highest BCUT2D eigenvalue weighted by Gasteiger charge is 2.23. The van der Waals surface area contributed by atoms with E-state index in [9.17, 15) is 9.59 Å². The molecule has 1 aromatic rings. The molecule has 1 fully saturated rings. The van der Waals surface area contributed by atoms with Crippen LogP contribution in [0.5, 0.6) is 0 Å². The second-order valence-corrected chi connectivity index (χ2v) is 7.40. The molecule has 5 nitrogen and oxygen atoms in total. The Morgan fingerprint density at radius 2 is 2.04 bits per heavy atom. The highest BCUT2D eigenvalue weighted by Crippen LogP contribution is 2.23. The molecule has 0 bridgehead atoms. The third-order valence-electron chi connectivity index (χ3n) is 4.33. The van der Waals surface area contributed by atoms with Crippen LogP contribution in [-0.4, -0.2) is 49.4 Å². The maximum absolute atomic E-state index is 12.4. The van der Waals surface area contributed by atoms with Crippen LogP contribution in [0, 0.1) is 6.92 Å². The number of carbonyl (C=O) groups is 2. The van der Waals surface area contributed by atoms with E-state index >= 15 is 0 Å². The maximum Gasteiger partial charge on any atom is 0.261 e. The maximum atomic E-state index is 12.4. The molecule has 6 heteroatoms. The van der Waals surface area contributed by atoms with E-state index in [-0.39, 0.29) is 17.9 Å². The normalized spacial score (nSPS) is 16.3. The molecule has 0 aromatic carbocycles. The number of aryl methyl sites for hydroxylation is 2. The summed E-state index contributed by atoms with van der Waals surface area (Å²) in [6.45, 7) is 6.39. The quantitative estimate of drug-likeness (QED) is 0.834. The van der Waals surface area contributed by atoms with Crippen molar-refractivity contribution in [3.63, 3.8) is 0 Å². The number of likely N-dealkylation sites (N-methyl/N-ethyl adjacent to an activating group) is 1. The van der Waals surface area contributed by atoms with Crippen molar-refractivity contribution in [2.45, 2.75) is 45.6 Å². The van der Waals surface area contributed by atoms with Gasteiger partial charge in [-0.2, -0.15) is 0 Å². The molecule has 1 aromatic heterocycles. The fraction of sp³-hybridized carbons (Fsp3) is 0.647. The highest BCUT2D eigenvalue weighted by atomic mass is 32.1. The summed E-state index contributed by atoms with van der Waals surface area (Å²) in [5.41, 5.74) is 1.29. The largest absolute Gasteiger partial charge is 0.358 e. The van der Waals surface area contributed by atoms with E-state index in [0.717, 1.165) is 43.6 Å². The Morgan fingerprint density at radius 1 is 1.35 bits per heavy atom. The van der Waals surface area contributed by atoms with E-state index in [2.05, 4.69) is 29.4 Å². The minimum atomic E-state index is 0.0463. The molecule has 0 aliphatic carbocycles. The summed E-state index contributed by atoms with van der Waals surface area (Å²) in [4.78, 5) is 28.0. The number of likely N-dealkylation sites (tertiary alicyclic amines) is 1. The Morgan fingerprint density at radius 3 is 2.65 bits per heavy atom. The lowest BCUT2D eigenvalue weighted by atomic mass is 10.0. The van der Waals surface area contributed by atoms with Crippen LogP contribution in [0.3, 0.4) is 0 Å². The number of nitrogens with zero attached hydrogens (tertiary/aromatic N) is 1. The third kappa shape index (κ3) is 5.04. The molecule has 0 spiro atoms. The molecule has 1 aliphatic rings. The summed E-state index contributed by atoms with van der Waals surface area (Å²) in [5, 5.41) is 5.80. The van der Waals surface area contributed by atoms with Gasteiger partial charge in [0.05, 0.1) is 11.4 Å². The minimum Gasteiger partial charge on any atom is -0.358 e. The molecule has 128 valence electrons. The van der Waals surface area contributed by atoms with Crippen molar-refractivity contribution in [2.75, 3.05) is 26.7 Å². The second-order valence-electron chi connectivity index (χ2n) is 6.14. The van der Waals surface area contributed by atoms with Crippen molar-refractivity contribution in [1.82, 2.24) is 15.5 Å². The summed E-state index contributed by atoms with van der Waals surface area (Å²) in [6.07, 6.45) is 3.93. The Hall–Kier alpha value is -1.40. The lowest BCUT2D eigenvalue weighted by Crippen LogP contribution is -2.47. The van der Waals surface area contributed by atoms with Crippen LogP contribution < -0.4 is 10.6 Å². The van der Waals surface area contributed by atoms with E-state index in [1.54, 1.807) is 18.4 Å². The Balaban J connectivity index is 1.83. The van der Waals surface area contributed by atoms with Crippen molar-refractivity contribution in [2.24, 2.45) is 0 Å². The molecule has 2 rings (SSSR count). The van der Waals surface area contributed by atoms with Gasteiger partial charge in [-0.3, -0.25) is 14.5 Å². The Labute approximate surface area is 142 Å². The molecule has 0 saturated carbocycles. The monoisotopic (exact) mass is 337 g/mol. The highest BCUT2D eigenvalue weighted by molar-refractivity contribution is 7.14. The van der Waals surface area contributed by atoms with Crippen molar-refractivity contribution in [3.05, 3.63) is 21.4 Å². The molecule has 2 N–H and O–H groups in total. The van der Waals surface area contributed by atoms with E-state index in [1.165, 1.54) is 10.4 Å². The minimum absolute atomic E-state index is 0.0463. The molecular weight excluding hydrogens is 310 g/mol. The van der Waals surface area contributed by atoms with Gasteiger partial charge in [0, 0.05) is 31.1 Å². The smallest absolute Gasteiger partial charge is 0.261 e. The first-order chi connectivity index (χ1) is 11.0. The van der Waals surface area contributed by atoms with Crippen LogP contribution in [0.4, 0.5) is 0 Å². The topological polar surface area (TPSA) is 61.4 Å². The lowest BCUT2D eigenvalue weighted by Gasteiger charge is -2.31. The Kier molecular flexibility index (Phi) is 6.59. The zero-order valence-electron chi connectivity index (χ0n) is 14.3. The standard InChI is InChI=1S/C17H27N3O2S/c1-4-5-13-10-15(23-12(13)2)17(22)19-14-6-8-20(9-7-14)11-16(21)18-3/h10,14H,4-9,11H2,1-3H3,(H,18,21)(H,19,22). The summed E-state index contributed by atoms with van der Waals surface area (Å²) >= 11 is 1.59. The van der Waals surface area contributed by atoms with Crippen molar-refractivity contribution in [1.29, 1.82) is 0 Å². The molecule has 0 unspecified atom stereocenters. The van der Waals surface area contributed by atoms with Crippen LogP contribution >= 0.6 is 11.3 Å². The number of hydrogen-bond donors (Lipinski definition) is 2. The first-order valence-corrected chi connectivity index (χ1v) is 9.18. The van der Waals surface area contributed by atoms with E-state index < -0.39 is 0 Å². The van der Waals surface area contributed by atoms with Crippen LogP contribution in [-0.2, 0) is 11.2 Å². The number of hydrogen-bond acceptors (Lipinski definition) is 4. The van der Waals surface area contributed by atoms with Crippen molar-refractivity contribution >= 4 is 23.2 Å². The van der Waals surface area contributed by atoms with Gasteiger partial charge in [-0.05, 0) is 37.8 Å². The molecule has 2 amide bonds. The summed E-state index contributed by atoms with van der Waals surface area (Å²) in [7, 11) is 1.66. The number of rotatable bonds is 6. The van der Waals surface area contributed by atoms with E-state index in [1.807, 2.05) is 6.07 Å². The number of thiophene rings is 1. The molecule has 23 heavy (non-hydrogen) atoms. The predicted octanol–water partition coefficient (Wildman–Crippen LogP) is 1.95. The zero-order chi connectivity index (χ0) is 16.8. The average molecular weight is 337 g/mol. The SMILES string of the molecule is CCCc1cc(C(=O)NC2CCN(CC(=O)NC)CC2)sc1C. The van der Waals surface area contributed by atoms with Crippen LogP contribution in [0.1, 0.15) is 46.3 Å². The van der Waals surface area contributed by atoms with Gasteiger partial charge in [0.1, 0.15) is 0 Å². The van der Waals surface area contributed by atoms with Crippen LogP contribution in [0.25, 0.3) is 0 Å². The summed E-state index contributed by atoms with van der Waals surface area (Å²) < 4.78 is 0. The van der Waals surface area contributed by atoms with E-state index in [4.69, 9.17) is 0 Å². The second kappa shape index (κ2) is 8.45. The number of piperidine rings is 1. The first kappa shape index (κ1) is 17.9. The van der Waals surface area contributed by atoms with Gasteiger partial charge in [-0.1, -0.05) is 13.3 Å². The van der Waals surface area contributed by atoms with Gasteiger partial charge in [0.25, 0.3) is 5.91 Å². The van der Waals surface area contributed by atoms with Crippen molar-refractivity contribution < 1.29 is 9.59 Å². The molecule has 1 aliphatic heterocycles. The summed E-state index contributed by atoms with van der Waals surface area (Å²) in [6, 6.07) is 2.25. The molecule has 2 heterocycles. The fourth-order valence-corrected chi connectivity index (χ4v) is 3.90. The van der Waals surface area contributed by atoms with Crippen LogP contribution in [0.15, 0.2) is 6.07 Å². The Bertz CT molecular complexity index is 548. The van der Waals surface area contributed by atoms with Gasteiger partial charge >= 0.3 is 0 Å². The summed E-state index contributed by atoms with van der Waals surface area (Å²) in [5.74, 6) is 0.0928. The number of carbonyl (C=O) groups excluding carboxylic acids is 2. The van der Waals surface area contributed by atoms with Gasteiger partial charge in [0.2, 0.25) is 5.91 Å². The molecule has 1 saturated heterocycles. The third-order valence-corrected chi connectivity index (χ3v) is 5.42. The van der Waals surface area contributed by atoms with Crippen LogP contribution in [0.2, 0.25) is 0 Å². The van der Waals surface area contributed by atoms with Gasteiger partial charge in [-0.25, -0.2) is 0 Å². The van der Waals surface area contributed by atoms with E-state index in [0.29, 0.717) is 6.54 Å². The van der Waals surface area contributed by atoms with Gasteiger partial charge in [0.15, 0.2) is 0 Å². The van der Waals surface area contributed by atoms with Gasteiger partial charge < -0.3 is 10.6 Å². The molecule has 0 radical (unpaired) electrons. The fourth-order valence-electron chi connectivity index (χ4n) is 2.92. The molecular formula is C17H27N3O2S. The van der Waals surface area contributed by atoms with Gasteiger partial charge in [-0.15, -0.1) is 11.3 Å². The van der Waals surface area contributed by atoms with Crippen molar-refractivity contribution in [3.8, 4) is 0 Å². The zero-order valence-corrected chi connectivity index (χ0v) is 15.1. The molecule has 0 atom stereocenters.